The zero-order valence-corrected chi connectivity index (χ0v) is 19.2. The summed E-state index contributed by atoms with van der Waals surface area (Å²) in [6.45, 7) is 4.12. The van der Waals surface area contributed by atoms with Gasteiger partial charge in [-0.2, -0.15) is 0 Å². The summed E-state index contributed by atoms with van der Waals surface area (Å²) >= 11 is 0. The number of likely N-dealkylation sites (tertiary alicyclic amines) is 2. The van der Waals surface area contributed by atoms with Gasteiger partial charge >= 0.3 is 0 Å². The van der Waals surface area contributed by atoms with Crippen molar-refractivity contribution in [2.24, 2.45) is 0 Å². The molecule has 0 atom stereocenters. The molecule has 8 heteroatoms. The molecule has 0 aliphatic carbocycles. The smallest absolute Gasteiger partial charge is 0.289 e. The molecule has 2 saturated heterocycles. The summed E-state index contributed by atoms with van der Waals surface area (Å²) in [5, 5.41) is 0. The molecule has 8 nitrogen and oxygen atoms in total. The van der Waals surface area contributed by atoms with Gasteiger partial charge in [0, 0.05) is 31.5 Å². The van der Waals surface area contributed by atoms with Crippen molar-refractivity contribution in [3.05, 3.63) is 70.7 Å². The summed E-state index contributed by atoms with van der Waals surface area (Å²) in [7, 11) is 0. The Bertz CT molecular complexity index is 1390. The SMILES string of the molecule is O=C(c1ccc(Cn2c(=O)c3cccn3c3cccnc32)o1)N1CCC(N2CCCCC2)CC1. The fraction of sp³-hybridized carbons (Fsp3) is 0.423. The molecule has 2 aliphatic rings. The monoisotopic (exact) mass is 459 g/mol. The molecule has 0 bridgehead atoms. The normalized spacial score (nSPS) is 18.2. The highest BCUT2D eigenvalue weighted by molar-refractivity contribution is 5.91. The van der Waals surface area contributed by atoms with E-state index in [0.717, 1.165) is 31.4 Å². The van der Waals surface area contributed by atoms with Gasteiger partial charge in [-0.05, 0) is 75.2 Å². The molecular formula is C26H29N5O3. The molecule has 1 amide bonds. The summed E-state index contributed by atoms with van der Waals surface area (Å²) < 4.78 is 9.41. The van der Waals surface area contributed by atoms with Gasteiger partial charge in [0.15, 0.2) is 11.4 Å². The highest BCUT2D eigenvalue weighted by atomic mass is 16.4. The lowest BCUT2D eigenvalue weighted by atomic mass is 10.00. The van der Waals surface area contributed by atoms with Crippen LogP contribution >= 0.6 is 0 Å². The maximum Gasteiger partial charge on any atom is 0.289 e. The summed E-state index contributed by atoms with van der Waals surface area (Å²) in [4.78, 5) is 35.2. The van der Waals surface area contributed by atoms with Crippen LogP contribution in [-0.4, -0.2) is 61.9 Å². The Kier molecular flexibility index (Phi) is 5.45. The Labute approximate surface area is 197 Å². The number of amides is 1. The van der Waals surface area contributed by atoms with Gasteiger partial charge < -0.3 is 18.6 Å². The maximum atomic E-state index is 13.1. The fourth-order valence-electron chi connectivity index (χ4n) is 5.54. The zero-order valence-electron chi connectivity index (χ0n) is 19.2. The van der Waals surface area contributed by atoms with Crippen LogP contribution in [0.25, 0.3) is 16.7 Å². The number of fused-ring (bicyclic) bond motifs is 3. The fourth-order valence-corrected chi connectivity index (χ4v) is 5.54. The predicted octanol–water partition coefficient (Wildman–Crippen LogP) is 3.38. The van der Waals surface area contributed by atoms with Crippen molar-refractivity contribution in [2.45, 2.75) is 44.7 Å². The first kappa shape index (κ1) is 21.2. The number of aromatic nitrogens is 3. The first-order valence-electron chi connectivity index (χ1n) is 12.3. The van der Waals surface area contributed by atoms with Crippen molar-refractivity contribution < 1.29 is 9.21 Å². The lowest BCUT2D eigenvalue weighted by Gasteiger charge is -2.40. The van der Waals surface area contributed by atoms with Crippen LogP contribution in [0.4, 0.5) is 0 Å². The minimum Gasteiger partial charge on any atom is -0.454 e. The third-order valence-electron chi connectivity index (χ3n) is 7.34. The van der Waals surface area contributed by atoms with Gasteiger partial charge in [0.2, 0.25) is 0 Å². The van der Waals surface area contributed by atoms with Crippen LogP contribution in [0.5, 0.6) is 0 Å². The van der Waals surface area contributed by atoms with Crippen molar-refractivity contribution in [2.75, 3.05) is 26.2 Å². The van der Waals surface area contributed by atoms with E-state index >= 15 is 0 Å². The van der Waals surface area contributed by atoms with E-state index in [1.165, 1.54) is 32.4 Å². The Morgan fingerprint density at radius 1 is 0.971 bits per heavy atom. The first-order chi connectivity index (χ1) is 16.7. The third kappa shape index (κ3) is 3.72. The van der Waals surface area contributed by atoms with Crippen LogP contribution < -0.4 is 5.56 Å². The number of furan rings is 1. The molecular weight excluding hydrogens is 430 g/mol. The topological polar surface area (TPSA) is 76.0 Å². The Balaban J connectivity index is 1.19. The number of carbonyl (C=O) groups is 1. The molecule has 0 saturated carbocycles. The van der Waals surface area contributed by atoms with Gasteiger partial charge in [-0.1, -0.05) is 6.42 Å². The van der Waals surface area contributed by atoms with Crippen LogP contribution in [0, 0.1) is 0 Å². The van der Waals surface area contributed by atoms with Crippen LogP contribution in [0.1, 0.15) is 48.4 Å². The van der Waals surface area contributed by atoms with E-state index in [-0.39, 0.29) is 18.0 Å². The molecule has 176 valence electrons. The van der Waals surface area contributed by atoms with E-state index in [1.54, 1.807) is 29.0 Å². The standard InChI is InChI=1S/C26H29N5O3/c32-25-22-7-5-15-30(22)21-6-4-12-27-24(21)31(25)18-20-8-9-23(34-20)26(33)29-16-10-19(11-17-29)28-13-2-1-3-14-28/h4-9,12,15,19H,1-3,10-11,13-14,16-18H2. The molecule has 0 radical (unpaired) electrons. The van der Waals surface area contributed by atoms with Gasteiger partial charge in [0.25, 0.3) is 11.5 Å². The second kappa shape index (κ2) is 8.76. The Hall–Kier alpha value is -3.39. The molecule has 6 heterocycles. The van der Waals surface area contributed by atoms with E-state index in [1.807, 2.05) is 33.7 Å². The number of hydrogen-bond donors (Lipinski definition) is 0. The van der Waals surface area contributed by atoms with Crippen molar-refractivity contribution in [3.8, 4) is 0 Å². The van der Waals surface area contributed by atoms with Gasteiger partial charge in [0.05, 0.1) is 12.1 Å². The summed E-state index contributed by atoms with van der Waals surface area (Å²) in [6.07, 6.45) is 9.50. The molecule has 0 N–H and O–H groups in total. The molecule has 4 aromatic rings. The molecule has 0 unspecified atom stereocenters. The molecule has 2 aliphatic heterocycles. The average molecular weight is 460 g/mol. The summed E-state index contributed by atoms with van der Waals surface area (Å²) in [6, 6.07) is 11.6. The lowest BCUT2D eigenvalue weighted by Crippen LogP contribution is -2.48. The average Bonchev–Trinajstić information content (AvgIpc) is 3.57. The van der Waals surface area contributed by atoms with Gasteiger partial charge in [-0.15, -0.1) is 0 Å². The van der Waals surface area contributed by atoms with E-state index < -0.39 is 0 Å². The number of pyridine rings is 1. The largest absolute Gasteiger partial charge is 0.454 e. The van der Waals surface area contributed by atoms with E-state index in [2.05, 4.69) is 9.88 Å². The van der Waals surface area contributed by atoms with Crippen LogP contribution in [0.3, 0.4) is 0 Å². The third-order valence-corrected chi connectivity index (χ3v) is 7.34. The van der Waals surface area contributed by atoms with Crippen molar-refractivity contribution in [1.29, 1.82) is 0 Å². The molecule has 34 heavy (non-hydrogen) atoms. The van der Waals surface area contributed by atoms with Crippen molar-refractivity contribution in [3.63, 3.8) is 0 Å². The maximum absolute atomic E-state index is 13.1. The quantitative estimate of drug-likeness (QED) is 0.468. The van der Waals surface area contributed by atoms with Crippen LogP contribution in [0.2, 0.25) is 0 Å². The second-order valence-electron chi connectivity index (χ2n) is 9.39. The lowest BCUT2D eigenvalue weighted by molar-refractivity contribution is 0.0561. The highest BCUT2D eigenvalue weighted by Crippen LogP contribution is 2.23. The number of piperidine rings is 2. The van der Waals surface area contributed by atoms with Crippen LogP contribution in [-0.2, 0) is 6.54 Å². The molecule has 2 fully saturated rings. The minimum atomic E-state index is -0.139. The molecule has 4 aromatic heterocycles. The molecule has 0 spiro atoms. The van der Waals surface area contributed by atoms with Gasteiger partial charge in [-0.25, -0.2) is 4.98 Å². The zero-order chi connectivity index (χ0) is 23.1. The summed E-state index contributed by atoms with van der Waals surface area (Å²) in [5.74, 6) is 0.831. The summed E-state index contributed by atoms with van der Waals surface area (Å²) in [5.41, 5.74) is 1.88. The van der Waals surface area contributed by atoms with Crippen molar-refractivity contribution >= 4 is 22.6 Å². The number of rotatable bonds is 4. The molecule has 0 aromatic carbocycles. The van der Waals surface area contributed by atoms with E-state index in [4.69, 9.17) is 4.42 Å². The van der Waals surface area contributed by atoms with E-state index in [9.17, 15) is 9.59 Å². The highest BCUT2D eigenvalue weighted by Gasteiger charge is 2.29. The van der Waals surface area contributed by atoms with E-state index in [0.29, 0.717) is 28.7 Å². The van der Waals surface area contributed by atoms with Gasteiger partial charge in [-0.3, -0.25) is 14.2 Å². The Morgan fingerprint density at radius 3 is 2.59 bits per heavy atom. The number of nitrogens with zero attached hydrogens (tertiary/aromatic N) is 5. The number of carbonyl (C=O) groups excluding carboxylic acids is 1. The van der Waals surface area contributed by atoms with Crippen molar-refractivity contribution in [1.82, 2.24) is 23.8 Å². The number of hydrogen-bond acceptors (Lipinski definition) is 5. The van der Waals surface area contributed by atoms with Gasteiger partial charge in [0.1, 0.15) is 11.3 Å². The predicted molar refractivity (Wildman–Crippen MR) is 129 cm³/mol. The Morgan fingerprint density at radius 2 is 1.76 bits per heavy atom. The first-order valence-corrected chi connectivity index (χ1v) is 12.3. The molecule has 6 rings (SSSR count). The minimum absolute atomic E-state index is 0.0688. The van der Waals surface area contributed by atoms with Crippen LogP contribution in [0.15, 0.2) is 58.0 Å². The second-order valence-corrected chi connectivity index (χ2v) is 9.39.